The smallest absolute Gasteiger partial charge is 0.274 e. The predicted molar refractivity (Wildman–Crippen MR) is 101 cm³/mol. The summed E-state index contributed by atoms with van der Waals surface area (Å²) >= 11 is 0. The van der Waals surface area contributed by atoms with Crippen molar-refractivity contribution in [1.29, 1.82) is 5.26 Å². The Morgan fingerprint density at radius 3 is 2.81 bits per heavy atom. The number of carbonyl (C=O) groups is 1. The molecular weight excluding hydrogens is 340 g/mol. The van der Waals surface area contributed by atoms with Gasteiger partial charge in [0.15, 0.2) is 0 Å². The molecule has 3 heterocycles. The summed E-state index contributed by atoms with van der Waals surface area (Å²) in [6.45, 7) is 4.39. The van der Waals surface area contributed by atoms with Crippen LogP contribution in [0.15, 0.2) is 52.4 Å². The average Bonchev–Trinajstić information content (AvgIpc) is 3.30. The normalized spacial score (nSPS) is 12.3. The Balaban J connectivity index is 1.65. The van der Waals surface area contributed by atoms with Gasteiger partial charge in [-0.1, -0.05) is 0 Å². The van der Waals surface area contributed by atoms with E-state index >= 15 is 0 Å². The van der Waals surface area contributed by atoms with Crippen LogP contribution in [0.3, 0.4) is 0 Å². The lowest BCUT2D eigenvalue weighted by atomic mass is 9.97. The second kappa shape index (κ2) is 6.54. The highest BCUT2D eigenvalue weighted by Gasteiger charge is 2.22. The molecule has 0 atom stereocenters. The number of nitriles is 1. The maximum atomic E-state index is 12.7. The fourth-order valence-corrected chi connectivity index (χ4v) is 3.26. The third-order valence-corrected chi connectivity index (χ3v) is 4.60. The number of anilines is 1. The number of fused-ring (bicyclic) bond motifs is 1. The molecule has 2 aromatic heterocycles. The zero-order chi connectivity index (χ0) is 19.0. The first kappa shape index (κ1) is 16.7. The van der Waals surface area contributed by atoms with Crippen LogP contribution in [-0.2, 0) is 6.54 Å². The lowest BCUT2D eigenvalue weighted by Gasteiger charge is -2.12. The van der Waals surface area contributed by atoms with Gasteiger partial charge in [-0.05, 0) is 54.8 Å². The number of rotatable bonds is 3. The molecule has 132 valence electrons. The Morgan fingerprint density at radius 2 is 2.11 bits per heavy atom. The van der Waals surface area contributed by atoms with E-state index in [0.717, 1.165) is 28.0 Å². The SMILES string of the molecule is Cc1cc(C#N)cnc1C(=O)Nc1cc(C)c2c(c1)C(c1ccoc1)=NC2. The van der Waals surface area contributed by atoms with Crippen LogP contribution in [0, 0.1) is 25.2 Å². The van der Waals surface area contributed by atoms with E-state index < -0.39 is 0 Å². The van der Waals surface area contributed by atoms with Gasteiger partial charge in [0.2, 0.25) is 0 Å². The van der Waals surface area contributed by atoms with Crippen molar-refractivity contribution >= 4 is 17.3 Å². The number of nitrogens with zero attached hydrogens (tertiary/aromatic N) is 3. The van der Waals surface area contributed by atoms with Crippen LogP contribution < -0.4 is 5.32 Å². The van der Waals surface area contributed by atoms with Gasteiger partial charge in [0, 0.05) is 23.0 Å². The Hall–Kier alpha value is -3.72. The van der Waals surface area contributed by atoms with Crippen LogP contribution in [-0.4, -0.2) is 16.6 Å². The molecule has 0 aliphatic carbocycles. The first-order valence-electron chi connectivity index (χ1n) is 8.46. The summed E-state index contributed by atoms with van der Waals surface area (Å²) < 4.78 is 5.18. The molecule has 0 fully saturated rings. The molecule has 0 bridgehead atoms. The predicted octanol–water partition coefficient (Wildman–Crippen LogP) is 3.77. The minimum Gasteiger partial charge on any atom is -0.472 e. The van der Waals surface area contributed by atoms with Crippen LogP contribution in [0.1, 0.15) is 43.9 Å². The fraction of sp³-hybridized carbons (Fsp3) is 0.143. The number of pyridine rings is 1. The summed E-state index contributed by atoms with van der Waals surface area (Å²) in [7, 11) is 0. The minimum atomic E-state index is -0.309. The van der Waals surface area contributed by atoms with Crippen LogP contribution in [0.4, 0.5) is 5.69 Å². The number of benzene rings is 1. The Labute approximate surface area is 156 Å². The third-order valence-electron chi connectivity index (χ3n) is 4.60. The van der Waals surface area contributed by atoms with Gasteiger partial charge in [-0.25, -0.2) is 4.98 Å². The number of furan rings is 1. The van der Waals surface area contributed by atoms with E-state index in [2.05, 4.69) is 15.3 Å². The molecule has 0 saturated heterocycles. The average molecular weight is 356 g/mol. The van der Waals surface area contributed by atoms with Crippen molar-refractivity contribution in [2.75, 3.05) is 5.32 Å². The molecule has 0 saturated carbocycles. The van der Waals surface area contributed by atoms with Gasteiger partial charge < -0.3 is 9.73 Å². The molecule has 27 heavy (non-hydrogen) atoms. The maximum absolute atomic E-state index is 12.7. The summed E-state index contributed by atoms with van der Waals surface area (Å²) in [5.74, 6) is -0.309. The van der Waals surface area contributed by atoms with E-state index in [9.17, 15) is 4.79 Å². The van der Waals surface area contributed by atoms with Gasteiger partial charge in [0.25, 0.3) is 5.91 Å². The number of hydrogen-bond donors (Lipinski definition) is 1. The van der Waals surface area contributed by atoms with Crippen molar-refractivity contribution in [3.8, 4) is 6.07 Å². The molecular formula is C21H16N4O2. The van der Waals surface area contributed by atoms with Crippen molar-refractivity contribution in [3.63, 3.8) is 0 Å². The quantitative estimate of drug-likeness (QED) is 0.773. The van der Waals surface area contributed by atoms with Gasteiger partial charge in [-0.3, -0.25) is 9.79 Å². The van der Waals surface area contributed by atoms with Crippen molar-refractivity contribution in [1.82, 2.24) is 4.98 Å². The Bertz CT molecular complexity index is 1120. The molecule has 1 aliphatic heterocycles. The van der Waals surface area contributed by atoms with E-state index in [1.807, 2.05) is 31.2 Å². The van der Waals surface area contributed by atoms with Crippen LogP contribution in [0.25, 0.3) is 0 Å². The van der Waals surface area contributed by atoms with Gasteiger partial charge >= 0.3 is 0 Å². The van der Waals surface area contributed by atoms with Crippen molar-refractivity contribution in [3.05, 3.63) is 82.1 Å². The lowest BCUT2D eigenvalue weighted by molar-refractivity contribution is 0.102. The number of aryl methyl sites for hydroxylation is 2. The number of aromatic nitrogens is 1. The van der Waals surface area contributed by atoms with Crippen molar-refractivity contribution in [2.45, 2.75) is 20.4 Å². The molecule has 0 spiro atoms. The Morgan fingerprint density at radius 1 is 1.26 bits per heavy atom. The number of hydrogen-bond acceptors (Lipinski definition) is 5. The molecule has 0 radical (unpaired) electrons. The summed E-state index contributed by atoms with van der Waals surface area (Å²) in [5, 5.41) is 11.9. The molecule has 6 heteroatoms. The standard InChI is InChI=1S/C21H16N4O2/c1-12-6-16(25-21(26)19-13(2)5-14(8-22)9-23-19)7-17-18(12)10-24-20(17)15-3-4-27-11-15/h3-7,9,11H,10H2,1-2H3,(H,25,26). The molecule has 1 N–H and O–H groups in total. The van der Waals surface area contributed by atoms with Crippen LogP contribution in [0.2, 0.25) is 0 Å². The fourth-order valence-electron chi connectivity index (χ4n) is 3.26. The minimum absolute atomic E-state index is 0.302. The Kier molecular flexibility index (Phi) is 4.05. The molecule has 6 nitrogen and oxygen atoms in total. The molecule has 1 amide bonds. The molecule has 1 aromatic carbocycles. The summed E-state index contributed by atoms with van der Waals surface area (Å²) in [4.78, 5) is 21.4. The number of aliphatic imine (C=N–C) groups is 1. The number of carbonyl (C=O) groups excluding carboxylic acids is 1. The highest BCUT2D eigenvalue weighted by atomic mass is 16.3. The second-order valence-corrected chi connectivity index (χ2v) is 6.45. The topological polar surface area (TPSA) is 91.3 Å². The van der Waals surface area contributed by atoms with Crippen molar-refractivity contribution in [2.24, 2.45) is 4.99 Å². The number of nitrogens with one attached hydrogen (secondary N) is 1. The second-order valence-electron chi connectivity index (χ2n) is 6.45. The monoisotopic (exact) mass is 356 g/mol. The molecule has 4 rings (SSSR count). The van der Waals surface area contributed by atoms with E-state index in [1.54, 1.807) is 25.5 Å². The van der Waals surface area contributed by atoms with Gasteiger partial charge in [-0.15, -0.1) is 0 Å². The van der Waals surface area contributed by atoms with Gasteiger partial charge in [0.05, 0.1) is 30.3 Å². The lowest BCUT2D eigenvalue weighted by Crippen LogP contribution is -2.16. The molecule has 1 aliphatic rings. The van der Waals surface area contributed by atoms with Crippen LogP contribution >= 0.6 is 0 Å². The molecule has 0 unspecified atom stereocenters. The zero-order valence-electron chi connectivity index (χ0n) is 14.9. The summed E-state index contributed by atoms with van der Waals surface area (Å²) in [6.07, 6.45) is 4.69. The highest BCUT2D eigenvalue weighted by Crippen LogP contribution is 2.29. The van der Waals surface area contributed by atoms with Gasteiger partial charge in [0.1, 0.15) is 11.8 Å². The van der Waals surface area contributed by atoms with Crippen molar-refractivity contribution < 1.29 is 9.21 Å². The maximum Gasteiger partial charge on any atom is 0.274 e. The van der Waals surface area contributed by atoms with Crippen LogP contribution in [0.5, 0.6) is 0 Å². The van der Waals surface area contributed by atoms with Gasteiger partial charge in [-0.2, -0.15) is 5.26 Å². The van der Waals surface area contributed by atoms with E-state index in [4.69, 9.17) is 9.68 Å². The van der Waals surface area contributed by atoms with E-state index in [0.29, 0.717) is 29.1 Å². The zero-order valence-corrected chi connectivity index (χ0v) is 14.9. The first-order valence-corrected chi connectivity index (χ1v) is 8.46. The summed E-state index contributed by atoms with van der Waals surface area (Å²) in [5.41, 5.74) is 7.06. The van der Waals surface area contributed by atoms with E-state index in [-0.39, 0.29) is 5.91 Å². The third kappa shape index (κ3) is 3.00. The van der Waals surface area contributed by atoms with E-state index in [1.165, 1.54) is 6.20 Å². The molecule has 3 aromatic rings. The number of amides is 1. The highest BCUT2D eigenvalue weighted by molar-refractivity contribution is 6.16. The first-order chi connectivity index (χ1) is 13.1. The largest absolute Gasteiger partial charge is 0.472 e. The summed E-state index contributed by atoms with van der Waals surface area (Å²) in [6, 6.07) is 9.41.